The summed E-state index contributed by atoms with van der Waals surface area (Å²) in [7, 11) is 0. The Bertz CT molecular complexity index is 936. The smallest absolute Gasteiger partial charge is 0.351 e. The first-order valence-corrected chi connectivity index (χ1v) is 9.13. The van der Waals surface area contributed by atoms with Crippen LogP contribution in [0.3, 0.4) is 0 Å². The molecule has 4 nitrogen and oxygen atoms in total. The van der Waals surface area contributed by atoms with E-state index in [9.17, 15) is 31.5 Å². The quantitative estimate of drug-likeness (QED) is 0.496. The van der Waals surface area contributed by atoms with Crippen LogP contribution in [0.25, 0.3) is 12.2 Å². The van der Waals surface area contributed by atoms with E-state index in [1.54, 1.807) is 0 Å². The molecule has 0 saturated heterocycles. The molecule has 0 spiro atoms. The van der Waals surface area contributed by atoms with Crippen molar-refractivity contribution in [2.24, 2.45) is 0 Å². The molecule has 0 aliphatic rings. The van der Waals surface area contributed by atoms with Crippen LogP contribution in [0.5, 0.6) is 0 Å². The van der Waals surface area contributed by atoms with Crippen LogP contribution in [0, 0.1) is 11.6 Å². The molecule has 0 aliphatic carbocycles. The first kappa shape index (κ1) is 23.8. The largest absolute Gasteiger partial charge is 0.406 e. The fourth-order valence-corrected chi connectivity index (χ4v) is 2.45. The molecule has 0 aliphatic heterocycles. The van der Waals surface area contributed by atoms with Gasteiger partial charge in [-0.3, -0.25) is 9.59 Å². The summed E-state index contributed by atoms with van der Waals surface area (Å²) in [5.41, 5.74) is 1.01. The highest BCUT2D eigenvalue weighted by molar-refractivity contribution is 5.92. The van der Waals surface area contributed by atoms with E-state index in [0.717, 1.165) is 24.3 Å². The average Bonchev–Trinajstić information content (AvgIpc) is 2.71. The van der Waals surface area contributed by atoms with Gasteiger partial charge in [0, 0.05) is 25.2 Å². The Labute approximate surface area is 175 Å². The van der Waals surface area contributed by atoms with E-state index in [2.05, 4.69) is 5.32 Å². The number of carbonyl (C=O) groups is 2. The first-order valence-electron chi connectivity index (χ1n) is 9.13. The number of nitrogens with zero attached hydrogens (tertiary/aromatic N) is 1. The van der Waals surface area contributed by atoms with Crippen molar-refractivity contribution in [1.29, 1.82) is 0 Å². The van der Waals surface area contributed by atoms with Gasteiger partial charge in [0.25, 0.3) is 0 Å². The lowest BCUT2D eigenvalue weighted by Gasteiger charge is -2.22. The van der Waals surface area contributed by atoms with Crippen LogP contribution < -0.4 is 5.32 Å². The molecule has 2 aromatic carbocycles. The summed E-state index contributed by atoms with van der Waals surface area (Å²) < 4.78 is 64.2. The van der Waals surface area contributed by atoms with Gasteiger partial charge < -0.3 is 10.2 Å². The van der Waals surface area contributed by atoms with E-state index in [1.165, 1.54) is 48.6 Å². The van der Waals surface area contributed by atoms with Gasteiger partial charge in [-0.05, 0) is 47.5 Å². The summed E-state index contributed by atoms with van der Waals surface area (Å²) >= 11 is 0. The van der Waals surface area contributed by atoms with Crippen LogP contribution in [0.15, 0.2) is 60.7 Å². The fourth-order valence-electron chi connectivity index (χ4n) is 2.45. The summed E-state index contributed by atoms with van der Waals surface area (Å²) in [4.78, 5) is 24.5. The monoisotopic (exact) mass is 438 g/mol. The number of benzene rings is 2. The molecule has 0 fully saturated rings. The number of alkyl halides is 3. The van der Waals surface area contributed by atoms with E-state index < -0.39 is 36.2 Å². The third kappa shape index (κ3) is 9.24. The molecule has 2 amide bonds. The molecule has 164 valence electrons. The van der Waals surface area contributed by atoms with Crippen molar-refractivity contribution in [1.82, 2.24) is 10.2 Å². The summed E-state index contributed by atoms with van der Waals surface area (Å²) in [5.74, 6) is -2.39. The molecule has 0 heterocycles. The first-order chi connectivity index (χ1) is 14.6. The SMILES string of the molecule is O=C(/C=C\c1ccc(F)cc1)NCCN(CC(F)(F)F)C(=O)/C=C/c1ccc(F)cc1. The van der Waals surface area contributed by atoms with Crippen molar-refractivity contribution in [3.8, 4) is 0 Å². The minimum Gasteiger partial charge on any atom is -0.351 e. The van der Waals surface area contributed by atoms with Gasteiger partial charge in [0.1, 0.15) is 18.2 Å². The molecular formula is C22H19F5N2O2. The number of hydrogen-bond donors (Lipinski definition) is 1. The fraction of sp³-hybridized carbons (Fsp3) is 0.182. The highest BCUT2D eigenvalue weighted by Crippen LogP contribution is 2.17. The lowest BCUT2D eigenvalue weighted by molar-refractivity contribution is -0.158. The molecule has 2 aromatic rings. The van der Waals surface area contributed by atoms with Crippen molar-refractivity contribution in [2.75, 3.05) is 19.6 Å². The molecule has 0 aromatic heterocycles. The Kier molecular flexibility index (Phi) is 8.48. The van der Waals surface area contributed by atoms with Gasteiger partial charge in [0.2, 0.25) is 11.8 Å². The third-order valence-corrected chi connectivity index (χ3v) is 3.95. The molecule has 0 atom stereocenters. The number of amides is 2. The number of hydrogen-bond acceptors (Lipinski definition) is 2. The van der Waals surface area contributed by atoms with Crippen LogP contribution in [-0.2, 0) is 9.59 Å². The molecule has 0 bridgehead atoms. The maximum absolute atomic E-state index is 12.9. The average molecular weight is 438 g/mol. The predicted molar refractivity (Wildman–Crippen MR) is 107 cm³/mol. The maximum Gasteiger partial charge on any atom is 0.406 e. The number of rotatable bonds is 8. The topological polar surface area (TPSA) is 49.4 Å². The van der Waals surface area contributed by atoms with Crippen molar-refractivity contribution in [2.45, 2.75) is 6.18 Å². The zero-order valence-corrected chi connectivity index (χ0v) is 16.2. The van der Waals surface area contributed by atoms with Gasteiger partial charge in [-0.25, -0.2) is 8.78 Å². The van der Waals surface area contributed by atoms with Crippen LogP contribution in [-0.4, -0.2) is 42.5 Å². The lowest BCUT2D eigenvalue weighted by atomic mass is 10.2. The van der Waals surface area contributed by atoms with Crippen LogP contribution in [0.1, 0.15) is 11.1 Å². The number of carbonyl (C=O) groups excluding carboxylic acids is 2. The highest BCUT2D eigenvalue weighted by Gasteiger charge is 2.32. The van der Waals surface area contributed by atoms with Gasteiger partial charge in [-0.1, -0.05) is 24.3 Å². The Hall–Kier alpha value is -3.49. The molecule has 1 N–H and O–H groups in total. The van der Waals surface area contributed by atoms with Gasteiger partial charge in [0.15, 0.2) is 0 Å². The zero-order chi connectivity index (χ0) is 22.9. The summed E-state index contributed by atoms with van der Waals surface area (Å²) in [6.07, 6.45) is 0.173. The van der Waals surface area contributed by atoms with E-state index in [0.29, 0.717) is 16.0 Å². The molecule has 9 heteroatoms. The minimum absolute atomic E-state index is 0.210. The Morgan fingerprint density at radius 3 is 1.81 bits per heavy atom. The molecular weight excluding hydrogens is 419 g/mol. The summed E-state index contributed by atoms with van der Waals surface area (Å²) in [6.45, 7) is -2.07. The Balaban J connectivity index is 1.92. The van der Waals surface area contributed by atoms with Crippen LogP contribution in [0.2, 0.25) is 0 Å². The van der Waals surface area contributed by atoms with Crippen molar-refractivity contribution in [3.05, 3.63) is 83.4 Å². The minimum atomic E-state index is -4.62. The molecule has 0 unspecified atom stereocenters. The van der Waals surface area contributed by atoms with E-state index >= 15 is 0 Å². The van der Waals surface area contributed by atoms with Crippen molar-refractivity contribution in [3.63, 3.8) is 0 Å². The molecule has 2 rings (SSSR count). The van der Waals surface area contributed by atoms with Crippen molar-refractivity contribution >= 4 is 24.0 Å². The Morgan fingerprint density at radius 1 is 0.839 bits per heavy atom. The zero-order valence-electron chi connectivity index (χ0n) is 16.2. The van der Waals surface area contributed by atoms with E-state index in [-0.39, 0.29) is 13.1 Å². The molecule has 0 radical (unpaired) electrons. The Morgan fingerprint density at radius 2 is 1.32 bits per heavy atom. The van der Waals surface area contributed by atoms with Gasteiger partial charge in [0.05, 0.1) is 0 Å². The van der Waals surface area contributed by atoms with E-state index in [4.69, 9.17) is 0 Å². The highest BCUT2D eigenvalue weighted by atomic mass is 19.4. The normalized spacial score (nSPS) is 11.8. The van der Waals surface area contributed by atoms with Crippen LogP contribution in [0.4, 0.5) is 22.0 Å². The molecule has 0 saturated carbocycles. The van der Waals surface area contributed by atoms with E-state index in [1.807, 2.05) is 0 Å². The summed E-state index contributed by atoms with van der Waals surface area (Å²) in [5, 5.41) is 2.39. The van der Waals surface area contributed by atoms with Gasteiger partial charge >= 0.3 is 6.18 Å². The summed E-state index contributed by atoms with van der Waals surface area (Å²) in [6, 6.07) is 10.4. The predicted octanol–water partition coefficient (Wildman–Crippen LogP) is 4.20. The second kappa shape index (κ2) is 11.1. The van der Waals surface area contributed by atoms with Gasteiger partial charge in [-0.15, -0.1) is 0 Å². The maximum atomic E-state index is 12.9. The second-order valence-electron chi connectivity index (χ2n) is 6.44. The molecule has 31 heavy (non-hydrogen) atoms. The lowest BCUT2D eigenvalue weighted by Crippen LogP contribution is -2.42. The van der Waals surface area contributed by atoms with Gasteiger partial charge in [-0.2, -0.15) is 13.2 Å². The van der Waals surface area contributed by atoms with Crippen molar-refractivity contribution < 1.29 is 31.5 Å². The second-order valence-corrected chi connectivity index (χ2v) is 6.44. The number of halogens is 5. The standard InChI is InChI=1S/C22H19F5N2O2/c23-18-7-1-16(2-8-18)5-11-20(30)28-13-14-29(15-22(25,26)27)21(31)12-6-17-3-9-19(24)10-4-17/h1-12H,13-15H2,(H,28,30)/b11-5-,12-6+. The number of nitrogens with one attached hydrogen (secondary N) is 1. The third-order valence-electron chi connectivity index (χ3n) is 3.95. The van der Waals surface area contributed by atoms with Crippen LogP contribution >= 0.6 is 0 Å².